The maximum atomic E-state index is 14.0. The summed E-state index contributed by atoms with van der Waals surface area (Å²) in [5.74, 6) is -0.0851. The Morgan fingerprint density at radius 3 is 2.23 bits per heavy atom. The zero-order chi connectivity index (χ0) is 28.8. The first-order chi connectivity index (χ1) is 18.1. The van der Waals surface area contributed by atoms with E-state index in [4.69, 9.17) is 4.74 Å². The van der Waals surface area contributed by atoms with Crippen molar-refractivity contribution in [2.45, 2.75) is 37.2 Å². The number of alkyl halides is 6. The number of rotatable bonds is 4. The minimum Gasteiger partial charge on any atom is -0.758 e. The van der Waals surface area contributed by atoms with Gasteiger partial charge in [-0.05, 0) is 54.3 Å². The highest BCUT2D eigenvalue weighted by Crippen LogP contribution is 2.38. The van der Waals surface area contributed by atoms with E-state index in [0.29, 0.717) is 28.3 Å². The summed E-state index contributed by atoms with van der Waals surface area (Å²) in [6.45, 7) is 1.76. The van der Waals surface area contributed by atoms with Gasteiger partial charge in [-0.15, -0.1) is 0 Å². The molecule has 0 saturated heterocycles. The first-order valence-electron chi connectivity index (χ1n) is 11.6. The fourth-order valence-electron chi connectivity index (χ4n) is 4.43. The maximum Gasteiger partial charge on any atom is 0.416 e. The number of hydrogen-bond donors (Lipinski definition) is 2. The maximum absolute atomic E-state index is 14.0. The van der Waals surface area contributed by atoms with E-state index in [1.807, 2.05) is 0 Å². The molecule has 2 unspecified atom stereocenters. The SMILES string of the molecule is Cc1ccccc1/C1=C/C(S(C)(=O)=O)OC2=C(CNCN2)C(Cc2cc(C(F)(F)F)cc(C(F)(F)F)c2)N1[O-]. The Morgan fingerprint density at radius 1 is 1.05 bits per heavy atom. The fourth-order valence-corrected chi connectivity index (χ4v) is 5.08. The highest BCUT2D eigenvalue weighted by molar-refractivity contribution is 7.91. The van der Waals surface area contributed by atoms with Gasteiger partial charge in [0.1, 0.15) is 0 Å². The minimum atomic E-state index is -5.06. The van der Waals surface area contributed by atoms with Crippen molar-refractivity contribution in [3.63, 3.8) is 0 Å². The van der Waals surface area contributed by atoms with E-state index in [1.165, 1.54) is 0 Å². The Hall–Kier alpha value is -3.23. The van der Waals surface area contributed by atoms with E-state index in [9.17, 15) is 40.0 Å². The van der Waals surface area contributed by atoms with E-state index in [-0.39, 0.29) is 42.0 Å². The molecule has 2 aliphatic rings. The molecule has 4 rings (SSSR count). The van der Waals surface area contributed by atoms with E-state index in [0.717, 1.165) is 12.3 Å². The molecule has 0 aliphatic carbocycles. The highest BCUT2D eigenvalue weighted by atomic mass is 32.2. The quantitative estimate of drug-likeness (QED) is 0.516. The Bertz CT molecular complexity index is 1390. The molecule has 2 aromatic rings. The van der Waals surface area contributed by atoms with Crippen molar-refractivity contribution >= 4 is 15.5 Å². The minimum absolute atomic E-state index is 0.0174. The molecular formula is C25H24F6N3O4S-. The Labute approximate surface area is 220 Å². The van der Waals surface area contributed by atoms with Gasteiger partial charge in [-0.3, -0.25) is 5.32 Å². The molecule has 7 nitrogen and oxygen atoms in total. The lowest BCUT2D eigenvalue weighted by atomic mass is 9.93. The molecule has 0 radical (unpaired) electrons. The standard InChI is InChI=1S/C25H24F6N3O4S/c1-14-5-3-4-6-18(14)21-11-22(39(2,36)37)38-23-19(12-32-13-33-23)20(34(21)35)9-15-7-16(24(26,27)28)10-17(8-15)25(29,30)31/h3-8,10-11,20,22,32-33H,9,12-13H2,1-2H3/q-1/b21-11-. The normalized spacial score (nSPS) is 22.2. The second-order valence-corrected chi connectivity index (χ2v) is 11.4. The molecule has 212 valence electrons. The van der Waals surface area contributed by atoms with Crippen molar-refractivity contribution in [2.24, 2.45) is 0 Å². The number of halogens is 6. The second kappa shape index (κ2) is 10.4. The Morgan fingerprint density at radius 2 is 1.67 bits per heavy atom. The van der Waals surface area contributed by atoms with Gasteiger partial charge >= 0.3 is 12.4 Å². The lowest BCUT2D eigenvalue weighted by Gasteiger charge is -2.46. The van der Waals surface area contributed by atoms with Gasteiger partial charge in [0.2, 0.25) is 5.44 Å². The van der Waals surface area contributed by atoms with E-state index >= 15 is 0 Å². The van der Waals surface area contributed by atoms with Crippen molar-refractivity contribution in [1.29, 1.82) is 0 Å². The van der Waals surface area contributed by atoms with Crippen LogP contribution in [0.3, 0.4) is 0 Å². The van der Waals surface area contributed by atoms with Crippen LogP contribution in [0.25, 0.3) is 5.70 Å². The molecule has 0 aromatic heterocycles. The molecule has 0 fully saturated rings. The van der Waals surface area contributed by atoms with E-state index in [2.05, 4.69) is 10.6 Å². The van der Waals surface area contributed by atoms with Crippen molar-refractivity contribution in [3.8, 4) is 0 Å². The smallest absolute Gasteiger partial charge is 0.416 e. The summed E-state index contributed by atoms with van der Waals surface area (Å²) in [7, 11) is -3.92. The fraction of sp³-hybridized carbons (Fsp3) is 0.360. The summed E-state index contributed by atoms with van der Waals surface area (Å²) in [5, 5.41) is 20.1. The molecular weight excluding hydrogens is 552 g/mol. The van der Waals surface area contributed by atoms with E-state index in [1.54, 1.807) is 31.2 Å². The number of sulfone groups is 1. The summed E-state index contributed by atoms with van der Waals surface area (Å²) >= 11 is 0. The largest absolute Gasteiger partial charge is 0.758 e. The topological polar surface area (TPSA) is 93.7 Å². The first-order valence-corrected chi connectivity index (χ1v) is 13.6. The Balaban J connectivity index is 1.90. The molecule has 0 bridgehead atoms. The summed E-state index contributed by atoms with van der Waals surface area (Å²) in [6.07, 6.45) is -8.68. The van der Waals surface area contributed by atoms with Gasteiger partial charge in [0.25, 0.3) is 0 Å². The van der Waals surface area contributed by atoms with Crippen LogP contribution in [0.15, 0.2) is 60.0 Å². The van der Waals surface area contributed by atoms with Crippen molar-refractivity contribution in [3.05, 3.63) is 93.0 Å². The van der Waals surface area contributed by atoms with Crippen LogP contribution in [0.1, 0.15) is 27.8 Å². The van der Waals surface area contributed by atoms with Gasteiger partial charge in [0.05, 0.1) is 17.8 Å². The number of hydrogen-bond acceptors (Lipinski definition) is 7. The molecule has 0 saturated carbocycles. The third-order valence-corrected chi connectivity index (χ3v) is 7.43. The average Bonchev–Trinajstić information content (AvgIpc) is 2.83. The zero-order valence-corrected chi connectivity index (χ0v) is 21.5. The van der Waals surface area contributed by atoms with Crippen molar-refractivity contribution in [2.75, 3.05) is 19.5 Å². The van der Waals surface area contributed by atoms with Gasteiger partial charge < -0.3 is 20.3 Å². The van der Waals surface area contributed by atoms with Crippen LogP contribution in [0.2, 0.25) is 0 Å². The predicted molar refractivity (Wildman–Crippen MR) is 131 cm³/mol. The molecule has 2 N–H and O–H groups in total. The van der Waals surface area contributed by atoms with Crippen LogP contribution in [0.4, 0.5) is 26.3 Å². The van der Waals surface area contributed by atoms with Crippen LogP contribution >= 0.6 is 0 Å². The van der Waals surface area contributed by atoms with Gasteiger partial charge in [-0.1, -0.05) is 24.3 Å². The van der Waals surface area contributed by atoms with Crippen LogP contribution in [0, 0.1) is 12.1 Å². The van der Waals surface area contributed by atoms with Gasteiger partial charge in [0.15, 0.2) is 15.7 Å². The molecule has 0 spiro atoms. The van der Waals surface area contributed by atoms with Crippen molar-refractivity contribution in [1.82, 2.24) is 15.7 Å². The second-order valence-electron chi connectivity index (χ2n) is 9.28. The summed E-state index contributed by atoms with van der Waals surface area (Å²) < 4.78 is 112. The lowest BCUT2D eigenvalue weighted by Crippen LogP contribution is -2.47. The third kappa shape index (κ3) is 6.34. The van der Waals surface area contributed by atoms with Gasteiger partial charge in [-0.2, -0.15) is 26.3 Å². The number of aryl methyl sites for hydroxylation is 1. The van der Waals surface area contributed by atoms with Crippen LogP contribution in [0.5, 0.6) is 0 Å². The summed E-state index contributed by atoms with van der Waals surface area (Å²) in [6, 6.07) is 6.34. The van der Waals surface area contributed by atoms with Crippen LogP contribution < -0.4 is 10.6 Å². The Kier molecular flexibility index (Phi) is 7.67. The highest BCUT2D eigenvalue weighted by Gasteiger charge is 2.38. The van der Waals surface area contributed by atoms with Crippen LogP contribution in [-0.2, 0) is 33.3 Å². The first kappa shape index (κ1) is 28.8. The zero-order valence-electron chi connectivity index (χ0n) is 20.7. The predicted octanol–water partition coefficient (Wildman–Crippen LogP) is 4.55. The van der Waals surface area contributed by atoms with Crippen LogP contribution in [-0.4, -0.2) is 44.4 Å². The molecule has 2 atom stereocenters. The lowest BCUT2D eigenvalue weighted by molar-refractivity contribution is -0.143. The summed E-state index contributed by atoms with van der Waals surface area (Å²) in [4.78, 5) is 0. The number of nitrogens with zero attached hydrogens (tertiary/aromatic N) is 1. The average molecular weight is 577 g/mol. The third-order valence-electron chi connectivity index (χ3n) is 6.35. The number of ether oxygens (including phenoxy) is 1. The molecule has 0 amide bonds. The monoisotopic (exact) mass is 576 g/mol. The number of nitrogens with one attached hydrogen (secondary N) is 2. The molecule has 14 heteroatoms. The molecule has 2 aromatic carbocycles. The van der Waals surface area contributed by atoms with E-state index < -0.39 is 51.2 Å². The molecule has 39 heavy (non-hydrogen) atoms. The number of hydroxylamine groups is 2. The number of benzene rings is 2. The van der Waals surface area contributed by atoms with Gasteiger partial charge in [0, 0.05) is 30.1 Å². The molecule has 2 heterocycles. The summed E-state index contributed by atoms with van der Waals surface area (Å²) in [5.41, 5.74) is -4.07. The van der Waals surface area contributed by atoms with Gasteiger partial charge in [-0.25, -0.2) is 8.42 Å². The van der Waals surface area contributed by atoms with Crippen molar-refractivity contribution < 1.29 is 39.5 Å². The molecule has 2 aliphatic heterocycles.